The number of rotatable bonds is 4. The van der Waals surface area contributed by atoms with Crippen molar-refractivity contribution < 1.29 is 0 Å². The second kappa shape index (κ2) is 7.29. The van der Waals surface area contributed by atoms with Crippen molar-refractivity contribution >= 4 is 10.8 Å². The minimum absolute atomic E-state index is 0.0601. The minimum atomic E-state index is 0.0601. The van der Waals surface area contributed by atoms with Crippen LogP contribution in [0.15, 0.2) is 48.6 Å². The molecule has 0 saturated heterocycles. The highest BCUT2D eigenvalue weighted by Crippen LogP contribution is 2.23. The molecule has 1 nitrogen and oxygen atoms in total. The minimum Gasteiger partial charge on any atom is -0.316 e. The van der Waals surface area contributed by atoms with E-state index in [2.05, 4.69) is 80.4 Å². The molecule has 2 rings (SSSR count). The summed E-state index contributed by atoms with van der Waals surface area (Å²) in [6.45, 7) is 7.27. The highest BCUT2D eigenvalue weighted by Gasteiger charge is 2.05. The first-order chi connectivity index (χ1) is 10.5. The molecular formula is C21H25N. The summed E-state index contributed by atoms with van der Waals surface area (Å²) in [5.74, 6) is 6.37. The van der Waals surface area contributed by atoms with Crippen molar-refractivity contribution in [1.82, 2.24) is 5.32 Å². The van der Waals surface area contributed by atoms with Gasteiger partial charge in [-0.05, 0) is 62.2 Å². The molecule has 2 aromatic carbocycles. The summed E-state index contributed by atoms with van der Waals surface area (Å²) in [6, 6.07) is 13.0. The SMILES string of the molecule is CNCc1c(CC=CC#CC(C)(C)C)ccc2ccccc12. The predicted molar refractivity (Wildman–Crippen MR) is 96.8 cm³/mol. The van der Waals surface area contributed by atoms with E-state index in [1.54, 1.807) is 0 Å². The summed E-state index contributed by atoms with van der Waals surface area (Å²) in [6.07, 6.45) is 5.05. The van der Waals surface area contributed by atoms with Crippen LogP contribution in [0.4, 0.5) is 0 Å². The summed E-state index contributed by atoms with van der Waals surface area (Å²) in [7, 11) is 2.00. The van der Waals surface area contributed by atoms with Crippen LogP contribution in [0.25, 0.3) is 10.8 Å². The van der Waals surface area contributed by atoms with E-state index in [1.165, 1.54) is 21.9 Å². The Morgan fingerprint density at radius 2 is 1.86 bits per heavy atom. The van der Waals surface area contributed by atoms with Crippen LogP contribution in [0.1, 0.15) is 31.9 Å². The van der Waals surface area contributed by atoms with E-state index >= 15 is 0 Å². The van der Waals surface area contributed by atoms with Crippen molar-refractivity contribution in [3.8, 4) is 11.8 Å². The molecule has 0 saturated carbocycles. The van der Waals surface area contributed by atoms with Gasteiger partial charge in [0, 0.05) is 12.0 Å². The molecule has 0 unspecified atom stereocenters. The van der Waals surface area contributed by atoms with Gasteiger partial charge in [-0.25, -0.2) is 0 Å². The van der Waals surface area contributed by atoms with Crippen molar-refractivity contribution in [3.05, 3.63) is 59.7 Å². The van der Waals surface area contributed by atoms with Crippen molar-refractivity contribution in [2.75, 3.05) is 7.05 Å². The van der Waals surface area contributed by atoms with Crippen LogP contribution in [0, 0.1) is 17.3 Å². The number of nitrogens with one attached hydrogen (secondary N) is 1. The summed E-state index contributed by atoms with van der Waals surface area (Å²) in [5.41, 5.74) is 2.81. The lowest BCUT2D eigenvalue weighted by molar-refractivity contribution is 0.571. The summed E-state index contributed by atoms with van der Waals surface area (Å²) < 4.78 is 0. The normalized spacial score (nSPS) is 11.6. The largest absolute Gasteiger partial charge is 0.316 e. The van der Waals surface area contributed by atoms with Gasteiger partial charge in [0.15, 0.2) is 0 Å². The van der Waals surface area contributed by atoms with Gasteiger partial charge in [-0.1, -0.05) is 54.3 Å². The third-order valence-corrected chi connectivity index (χ3v) is 3.48. The number of hydrogen-bond acceptors (Lipinski definition) is 1. The highest BCUT2D eigenvalue weighted by atomic mass is 14.8. The van der Waals surface area contributed by atoms with Crippen molar-refractivity contribution in [3.63, 3.8) is 0 Å². The fourth-order valence-electron chi connectivity index (χ4n) is 2.46. The first-order valence-corrected chi connectivity index (χ1v) is 7.83. The van der Waals surface area contributed by atoms with Crippen LogP contribution in [0.2, 0.25) is 0 Å². The van der Waals surface area contributed by atoms with Crippen molar-refractivity contribution in [2.24, 2.45) is 5.41 Å². The monoisotopic (exact) mass is 291 g/mol. The maximum Gasteiger partial charge on any atom is 0.0233 e. The fourth-order valence-corrected chi connectivity index (χ4v) is 2.46. The number of allylic oxidation sites excluding steroid dienone is 2. The molecule has 114 valence electrons. The first-order valence-electron chi connectivity index (χ1n) is 7.83. The molecule has 0 atom stereocenters. The second-order valence-corrected chi connectivity index (χ2v) is 6.58. The maximum absolute atomic E-state index is 3.29. The molecule has 1 heteroatoms. The second-order valence-electron chi connectivity index (χ2n) is 6.58. The van der Waals surface area contributed by atoms with Gasteiger partial charge in [-0.2, -0.15) is 0 Å². The highest BCUT2D eigenvalue weighted by molar-refractivity contribution is 5.86. The maximum atomic E-state index is 3.29. The predicted octanol–water partition coefficient (Wildman–Crippen LogP) is 4.71. The van der Waals surface area contributed by atoms with E-state index in [4.69, 9.17) is 0 Å². The number of hydrogen-bond donors (Lipinski definition) is 1. The zero-order chi connectivity index (χ0) is 16.0. The van der Waals surface area contributed by atoms with Gasteiger partial charge in [0.25, 0.3) is 0 Å². The number of fused-ring (bicyclic) bond motifs is 1. The Morgan fingerprint density at radius 1 is 1.09 bits per heavy atom. The Bertz CT molecular complexity index is 721. The van der Waals surface area contributed by atoms with Crippen molar-refractivity contribution in [1.29, 1.82) is 0 Å². The molecule has 0 aliphatic rings. The third kappa shape index (κ3) is 4.48. The summed E-state index contributed by atoms with van der Waals surface area (Å²) in [5, 5.41) is 5.92. The lowest BCUT2D eigenvalue weighted by Crippen LogP contribution is -2.08. The molecular weight excluding hydrogens is 266 g/mol. The van der Waals surface area contributed by atoms with Crippen molar-refractivity contribution in [2.45, 2.75) is 33.7 Å². The zero-order valence-electron chi connectivity index (χ0n) is 14.0. The van der Waals surface area contributed by atoms with Crippen LogP contribution >= 0.6 is 0 Å². The van der Waals surface area contributed by atoms with Gasteiger partial charge in [0.05, 0.1) is 0 Å². The molecule has 0 fully saturated rings. The summed E-state index contributed by atoms with van der Waals surface area (Å²) in [4.78, 5) is 0. The van der Waals surface area contributed by atoms with Crippen LogP contribution in [-0.4, -0.2) is 7.05 Å². The molecule has 0 heterocycles. The Balaban J connectivity index is 2.25. The standard InChI is InChI=1S/C21H25N/c1-21(2,3)15-9-5-6-10-18-14-13-17-11-7-8-12-19(17)20(18)16-22-4/h5-8,11-14,22H,10,16H2,1-4H3. The zero-order valence-corrected chi connectivity index (χ0v) is 14.0. The van der Waals surface area contributed by atoms with E-state index in [1.807, 2.05) is 13.1 Å². The van der Waals surface area contributed by atoms with E-state index < -0.39 is 0 Å². The fraction of sp³-hybridized carbons (Fsp3) is 0.333. The Morgan fingerprint density at radius 3 is 2.59 bits per heavy atom. The quantitative estimate of drug-likeness (QED) is 0.805. The van der Waals surface area contributed by atoms with Crippen LogP contribution in [0.3, 0.4) is 0 Å². The molecule has 22 heavy (non-hydrogen) atoms. The van der Waals surface area contributed by atoms with E-state index in [-0.39, 0.29) is 5.41 Å². The molecule has 0 amide bonds. The third-order valence-electron chi connectivity index (χ3n) is 3.48. The molecule has 0 aromatic heterocycles. The average molecular weight is 291 g/mol. The van der Waals surface area contributed by atoms with E-state index in [0.29, 0.717) is 0 Å². The molecule has 0 bridgehead atoms. The van der Waals surface area contributed by atoms with E-state index in [9.17, 15) is 0 Å². The molecule has 2 aromatic rings. The van der Waals surface area contributed by atoms with Crippen LogP contribution in [0.5, 0.6) is 0 Å². The van der Waals surface area contributed by atoms with Gasteiger partial charge in [-0.15, -0.1) is 0 Å². The van der Waals surface area contributed by atoms with Gasteiger partial charge in [0.2, 0.25) is 0 Å². The topological polar surface area (TPSA) is 12.0 Å². The first kappa shape index (κ1) is 16.3. The molecule has 0 radical (unpaired) electrons. The van der Waals surface area contributed by atoms with Gasteiger partial charge < -0.3 is 5.32 Å². The van der Waals surface area contributed by atoms with Crippen LogP contribution < -0.4 is 5.32 Å². The Hall–Kier alpha value is -2.04. The Kier molecular flexibility index (Phi) is 5.41. The van der Waals surface area contributed by atoms with Gasteiger partial charge >= 0.3 is 0 Å². The molecule has 0 aliphatic heterocycles. The van der Waals surface area contributed by atoms with Gasteiger partial charge in [0.1, 0.15) is 0 Å². The van der Waals surface area contributed by atoms with E-state index in [0.717, 1.165) is 13.0 Å². The Labute approximate surface area is 134 Å². The smallest absolute Gasteiger partial charge is 0.0233 e. The average Bonchev–Trinajstić information content (AvgIpc) is 2.48. The molecule has 0 aliphatic carbocycles. The lowest BCUT2D eigenvalue weighted by Gasteiger charge is -2.11. The molecule has 1 N–H and O–H groups in total. The summed E-state index contributed by atoms with van der Waals surface area (Å²) >= 11 is 0. The van der Waals surface area contributed by atoms with Crippen LogP contribution in [-0.2, 0) is 13.0 Å². The van der Waals surface area contributed by atoms with Gasteiger partial charge in [-0.3, -0.25) is 0 Å². The number of benzene rings is 2. The molecule has 0 spiro atoms. The lowest BCUT2D eigenvalue weighted by atomic mass is 9.96.